The number of nitrogens with zero attached hydrogens (tertiary/aromatic N) is 1. The van der Waals surface area contributed by atoms with Crippen molar-refractivity contribution >= 4 is 21.6 Å². The van der Waals surface area contributed by atoms with Crippen molar-refractivity contribution in [2.45, 2.75) is 44.0 Å². The van der Waals surface area contributed by atoms with Gasteiger partial charge in [-0.05, 0) is 74.2 Å². The number of anilines is 1. The number of carbonyl (C=O) groups is 1. The van der Waals surface area contributed by atoms with E-state index in [0.717, 1.165) is 24.0 Å². The molecule has 168 valence electrons. The molecule has 7 nitrogen and oxygen atoms in total. The van der Waals surface area contributed by atoms with E-state index in [1.165, 1.54) is 4.31 Å². The molecule has 1 aliphatic rings. The van der Waals surface area contributed by atoms with Crippen molar-refractivity contribution in [1.29, 1.82) is 0 Å². The van der Waals surface area contributed by atoms with Crippen molar-refractivity contribution in [2.75, 3.05) is 31.2 Å². The van der Waals surface area contributed by atoms with Gasteiger partial charge in [0.15, 0.2) is 0 Å². The van der Waals surface area contributed by atoms with Crippen LogP contribution in [0.4, 0.5) is 5.69 Å². The van der Waals surface area contributed by atoms with E-state index in [4.69, 9.17) is 9.47 Å². The van der Waals surface area contributed by atoms with Crippen LogP contribution < -0.4 is 14.4 Å². The van der Waals surface area contributed by atoms with Crippen LogP contribution in [0.3, 0.4) is 0 Å². The summed E-state index contributed by atoms with van der Waals surface area (Å²) in [6, 6.07) is 11.8. The van der Waals surface area contributed by atoms with Gasteiger partial charge in [-0.3, -0.25) is 9.10 Å². The highest BCUT2D eigenvalue weighted by molar-refractivity contribution is 7.92. The van der Waals surface area contributed by atoms with Crippen molar-refractivity contribution in [3.63, 3.8) is 0 Å². The lowest BCUT2D eigenvalue weighted by molar-refractivity contribution is -0.122. The summed E-state index contributed by atoms with van der Waals surface area (Å²) in [6.07, 6.45) is 1.82. The van der Waals surface area contributed by atoms with Crippen LogP contribution >= 0.6 is 0 Å². The van der Waals surface area contributed by atoms with E-state index in [0.29, 0.717) is 24.7 Å². The van der Waals surface area contributed by atoms with Crippen LogP contribution in [0.1, 0.15) is 30.4 Å². The lowest BCUT2D eigenvalue weighted by Crippen LogP contribution is -2.42. The van der Waals surface area contributed by atoms with Crippen molar-refractivity contribution < 1.29 is 22.7 Å². The van der Waals surface area contributed by atoms with E-state index in [-0.39, 0.29) is 29.8 Å². The molecule has 1 fully saturated rings. The van der Waals surface area contributed by atoms with Crippen LogP contribution in [0, 0.1) is 13.8 Å². The third-order valence-electron chi connectivity index (χ3n) is 5.49. The maximum Gasteiger partial charge on any atom is 0.264 e. The number of hydrogen-bond acceptors (Lipinski definition) is 5. The molecule has 0 radical (unpaired) electrons. The second-order valence-corrected chi connectivity index (χ2v) is 9.62. The maximum absolute atomic E-state index is 13.5. The minimum Gasteiger partial charge on any atom is -0.497 e. The first-order chi connectivity index (χ1) is 14.8. The first kappa shape index (κ1) is 23.1. The predicted octanol–water partition coefficient (Wildman–Crippen LogP) is 3.19. The fourth-order valence-electron chi connectivity index (χ4n) is 3.50. The summed E-state index contributed by atoms with van der Waals surface area (Å²) in [5, 5.41) is 2.95. The number of rotatable bonds is 8. The van der Waals surface area contributed by atoms with Crippen LogP contribution in [0.5, 0.6) is 5.75 Å². The fraction of sp³-hybridized carbons (Fsp3) is 0.435. The number of ether oxygens (including phenoxy) is 2. The van der Waals surface area contributed by atoms with Gasteiger partial charge in [0.1, 0.15) is 5.75 Å². The molecule has 1 N–H and O–H groups in total. The monoisotopic (exact) mass is 446 g/mol. The van der Waals surface area contributed by atoms with E-state index in [2.05, 4.69) is 5.32 Å². The SMILES string of the molecule is COc1ccc(N(CCC(=O)NC2CCCOC2)S(=O)(=O)c2ccc(C)c(C)c2)cc1. The summed E-state index contributed by atoms with van der Waals surface area (Å²) in [4.78, 5) is 12.7. The maximum atomic E-state index is 13.5. The van der Waals surface area contributed by atoms with Crippen LogP contribution in [0.25, 0.3) is 0 Å². The predicted molar refractivity (Wildman–Crippen MR) is 120 cm³/mol. The number of amides is 1. The zero-order chi connectivity index (χ0) is 22.4. The quantitative estimate of drug-likeness (QED) is 0.673. The molecule has 31 heavy (non-hydrogen) atoms. The second-order valence-electron chi connectivity index (χ2n) is 7.75. The molecule has 8 heteroatoms. The largest absolute Gasteiger partial charge is 0.497 e. The topological polar surface area (TPSA) is 84.9 Å². The number of benzene rings is 2. The lowest BCUT2D eigenvalue weighted by atomic mass is 10.1. The molecular weight excluding hydrogens is 416 g/mol. The van der Waals surface area contributed by atoms with Crippen molar-refractivity contribution in [2.24, 2.45) is 0 Å². The van der Waals surface area contributed by atoms with Crippen LogP contribution in [-0.4, -0.2) is 47.2 Å². The molecule has 1 atom stereocenters. The third-order valence-corrected chi connectivity index (χ3v) is 7.32. The Morgan fingerprint density at radius 1 is 1.16 bits per heavy atom. The minimum absolute atomic E-state index is 0.0213. The molecule has 1 heterocycles. The highest BCUT2D eigenvalue weighted by Crippen LogP contribution is 2.27. The van der Waals surface area contributed by atoms with E-state index in [9.17, 15) is 13.2 Å². The average Bonchev–Trinajstić information content (AvgIpc) is 2.76. The number of carbonyl (C=O) groups excluding carboxylic acids is 1. The van der Waals surface area contributed by atoms with Gasteiger partial charge in [-0.2, -0.15) is 0 Å². The molecule has 1 unspecified atom stereocenters. The van der Waals surface area contributed by atoms with Crippen molar-refractivity contribution in [3.8, 4) is 5.75 Å². The Hall–Kier alpha value is -2.58. The molecule has 1 amide bonds. The highest BCUT2D eigenvalue weighted by atomic mass is 32.2. The van der Waals surface area contributed by atoms with Gasteiger partial charge < -0.3 is 14.8 Å². The smallest absolute Gasteiger partial charge is 0.264 e. The van der Waals surface area contributed by atoms with Crippen molar-refractivity contribution in [1.82, 2.24) is 5.32 Å². The minimum atomic E-state index is -3.85. The van der Waals surface area contributed by atoms with E-state index in [1.807, 2.05) is 13.8 Å². The Kier molecular flexibility index (Phi) is 7.56. The lowest BCUT2D eigenvalue weighted by Gasteiger charge is -2.26. The van der Waals surface area contributed by atoms with Gasteiger partial charge in [0.25, 0.3) is 10.0 Å². The van der Waals surface area contributed by atoms with Gasteiger partial charge in [-0.25, -0.2) is 8.42 Å². The standard InChI is InChI=1S/C23H30N2O5S/c1-17-6-11-22(15-18(17)2)31(27,28)25(20-7-9-21(29-3)10-8-20)13-12-23(26)24-19-5-4-14-30-16-19/h6-11,15,19H,4-5,12-14,16H2,1-3H3,(H,24,26). The molecule has 0 saturated carbocycles. The summed E-state index contributed by atoms with van der Waals surface area (Å²) in [7, 11) is -2.30. The van der Waals surface area contributed by atoms with Gasteiger partial charge in [-0.15, -0.1) is 0 Å². The molecule has 0 spiro atoms. The Morgan fingerprint density at radius 3 is 2.52 bits per heavy atom. The normalized spacial score (nSPS) is 16.5. The van der Waals surface area contributed by atoms with E-state index in [1.54, 1.807) is 49.6 Å². The molecule has 0 aromatic heterocycles. The molecule has 3 rings (SSSR count). The van der Waals surface area contributed by atoms with Crippen LogP contribution in [0.15, 0.2) is 47.4 Å². The van der Waals surface area contributed by atoms with Crippen molar-refractivity contribution in [3.05, 3.63) is 53.6 Å². The van der Waals surface area contributed by atoms with Gasteiger partial charge in [0, 0.05) is 19.6 Å². The Labute approximate surface area is 184 Å². The van der Waals surface area contributed by atoms with E-state index < -0.39 is 10.0 Å². The summed E-state index contributed by atoms with van der Waals surface area (Å²) in [5.74, 6) is 0.437. The van der Waals surface area contributed by atoms with Gasteiger partial charge >= 0.3 is 0 Å². The van der Waals surface area contributed by atoms with Crippen LogP contribution in [-0.2, 0) is 19.6 Å². The number of methoxy groups -OCH3 is 1. The molecule has 0 bridgehead atoms. The molecule has 2 aromatic carbocycles. The summed E-state index contributed by atoms with van der Waals surface area (Å²) >= 11 is 0. The molecule has 2 aromatic rings. The summed E-state index contributed by atoms with van der Waals surface area (Å²) in [5.41, 5.74) is 2.39. The number of aryl methyl sites for hydroxylation is 2. The Morgan fingerprint density at radius 2 is 1.90 bits per heavy atom. The first-order valence-corrected chi connectivity index (χ1v) is 11.9. The van der Waals surface area contributed by atoms with Gasteiger partial charge in [-0.1, -0.05) is 6.07 Å². The number of sulfonamides is 1. The Balaban J connectivity index is 1.83. The fourth-order valence-corrected chi connectivity index (χ4v) is 5.05. The Bertz CT molecular complexity index is 999. The zero-order valence-corrected chi connectivity index (χ0v) is 19.1. The average molecular weight is 447 g/mol. The number of nitrogens with one attached hydrogen (secondary N) is 1. The molecule has 0 aliphatic carbocycles. The molecule has 1 aliphatic heterocycles. The molecular formula is C23H30N2O5S. The number of hydrogen-bond donors (Lipinski definition) is 1. The highest BCUT2D eigenvalue weighted by Gasteiger charge is 2.26. The van der Waals surface area contributed by atoms with Gasteiger partial charge in [0.05, 0.1) is 30.3 Å². The van der Waals surface area contributed by atoms with Crippen LogP contribution in [0.2, 0.25) is 0 Å². The first-order valence-electron chi connectivity index (χ1n) is 10.4. The van der Waals surface area contributed by atoms with E-state index >= 15 is 0 Å². The third kappa shape index (κ3) is 5.77. The molecule has 1 saturated heterocycles. The summed E-state index contributed by atoms with van der Waals surface area (Å²) in [6.45, 7) is 5.06. The second kappa shape index (κ2) is 10.2. The van der Waals surface area contributed by atoms with Gasteiger partial charge in [0.2, 0.25) is 5.91 Å². The summed E-state index contributed by atoms with van der Waals surface area (Å²) < 4.78 is 38.9. The zero-order valence-electron chi connectivity index (χ0n) is 18.3.